The Balaban J connectivity index is 1.06. The minimum atomic E-state index is -0.987. The van der Waals surface area contributed by atoms with Gasteiger partial charge in [0.05, 0.1) is 17.8 Å². The van der Waals surface area contributed by atoms with Gasteiger partial charge in [-0.15, -0.1) is 0 Å². The summed E-state index contributed by atoms with van der Waals surface area (Å²) in [5, 5.41) is 14.3. The number of hydrogen-bond acceptors (Lipinski definition) is 5. The number of unbranched alkanes of at least 4 members (excludes halogenated alkanes) is 7. The number of nitrogens with zero attached hydrogens (tertiary/aromatic N) is 3. The number of aliphatic carboxylic acids is 1. The van der Waals surface area contributed by atoms with Crippen LogP contribution in [-0.4, -0.2) is 39.1 Å². The second-order valence-electron chi connectivity index (χ2n) is 9.16. The van der Waals surface area contributed by atoms with Crippen LogP contribution in [-0.2, 0) is 11.2 Å². The molecule has 0 saturated heterocycles. The number of aromatic nitrogens is 3. The van der Waals surface area contributed by atoms with Crippen molar-refractivity contribution in [3.8, 4) is 17.2 Å². The van der Waals surface area contributed by atoms with Crippen LogP contribution in [0, 0.1) is 0 Å². The summed E-state index contributed by atoms with van der Waals surface area (Å²) in [6.07, 6.45) is 14.3. The van der Waals surface area contributed by atoms with Gasteiger partial charge in [-0.3, -0.25) is 4.98 Å². The smallest absolute Gasteiger partial charge is 0.341 e. The first-order valence-electron chi connectivity index (χ1n) is 13.2. The summed E-state index contributed by atoms with van der Waals surface area (Å²) in [4.78, 5) is 15.0. The zero-order valence-electron chi connectivity index (χ0n) is 21.2. The van der Waals surface area contributed by atoms with Crippen LogP contribution in [0.1, 0.15) is 57.1 Å². The zero-order valence-corrected chi connectivity index (χ0v) is 21.2. The van der Waals surface area contributed by atoms with Gasteiger partial charge < -0.3 is 14.6 Å². The number of fused-ring (bicyclic) bond motifs is 1. The van der Waals surface area contributed by atoms with E-state index in [0.717, 1.165) is 48.2 Å². The monoisotopic (exact) mass is 501 g/mol. The van der Waals surface area contributed by atoms with Crippen LogP contribution >= 0.6 is 0 Å². The topological polar surface area (TPSA) is 86.5 Å². The van der Waals surface area contributed by atoms with Gasteiger partial charge in [0.1, 0.15) is 11.5 Å². The van der Waals surface area contributed by atoms with Gasteiger partial charge in [-0.25, -0.2) is 9.48 Å². The van der Waals surface area contributed by atoms with Crippen molar-refractivity contribution in [1.29, 1.82) is 0 Å². The number of carboxylic acids is 1. The third-order valence-corrected chi connectivity index (χ3v) is 6.36. The standard InChI is InChI=1S/C30H35N3O4/c34-30(35)23-37-26-16-14-25(15-17-26)33-24(18-21-32-33)11-7-5-3-1-2-4-6-10-22-36-29-19-20-31-28-13-9-8-12-27(28)29/h8-9,12-21H,1-7,10-11,22-23H2,(H,34,35). The van der Waals surface area contributed by atoms with Crippen molar-refractivity contribution in [2.45, 2.75) is 57.8 Å². The second-order valence-corrected chi connectivity index (χ2v) is 9.16. The summed E-state index contributed by atoms with van der Waals surface area (Å²) in [6, 6.07) is 19.5. The highest BCUT2D eigenvalue weighted by atomic mass is 16.5. The number of para-hydroxylation sites is 1. The van der Waals surface area contributed by atoms with Crippen LogP contribution in [0.2, 0.25) is 0 Å². The Morgan fingerprint density at radius 1 is 0.784 bits per heavy atom. The Morgan fingerprint density at radius 2 is 1.51 bits per heavy atom. The fourth-order valence-corrected chi connectivity index (χ4v) is 4.43. The van der Waals surface area contributed by atoms with Crippen molar-refractivity contribution in [1.82, 2.24) is 14.8 Å². The third-order valence-electron chi connectivity index (χ3n) is 6.36. The Hall–Kier alpha value is -3.87. The largest absolute Gasteiger partial charge is 0.493 e. The van der Waals surface area contributed by atoms with E-state index in [0.29, 0.717) is 5.75 Å². The quantitative estimate of drug-likeness (QED) is 0.174. The molecule has 0 spiro atoms. The van der Waals surface area contributed by atoms with E-state index in [1.54, 1.807) is 12.1 Å². The van der Waals surface area contributed by atoms with Gasteiger partial charge in [-0.05, 0) is 67.8 Å². The number of pyridine rings is 1. The van der Waals surface area contributed by atoms with Gasteiger partial charge in [-0.1, -0.05) is 50.7 Å². The highest BCUT2D eigenvalue weighted by Gasteiger charge is 2.06. The summed E-state index contributed by atoms with van der Waals surface area (Å²) in [6.45, 7) is 0.407. The molecule has 1 N–H and O–H groups in total. The first-order valence-corrected chi connectivity index (χ1v) is 13.2. The fraction of sp³-hybridized carbons (Fsp3) is 0.367. The molecule has 194 valence electrons. The average Bonchev–Trinajstić information content (AvgIpc) is 3.39. The lowest BCUT2D eigenvalue weighted by Crippen LogP contribution is -2.09. The van der Waals surface area contributed by atoms with Gasteiger partial charge in [0.2, 0.25) is 0 Å². The SMILES string of the molecule is O=C(O)COc1ccc(-n2nccc2CCCCCCCCCCOc2ccnc3ccccc23)cc1. The number of rotatable bonds is 16. The Labute approximate surface area is 218 Å². The molecule has 7 heteroatoms. The van der Waals surface area contributed by atoms with Crippen LogP contribution in [0.25, 0.3) is 16.6 Å². The molecule has 4 rings (SSSR count). The number of hydrogen-bond donors (Lipinski definition) is 1. The number of aryl methyl sites for hydroxylation is 1. The Morgan fingerprint density at radius 3 is 2.30 bits per heavy atom. The summed E-state index contributed by atoms with van der Waals surface area (Å²) in [5.41, 5.74) is 3.10. The number of carboxylic acid groups (broad SMARTS) is 1. The molecule has 2 aromatic carbocycles. The summed E-state index contributed by atoms with van der Waals surface area (Å²) in [7, 11) is 0. The molecule has 2 aromatic heterocycles. The zero-order chi connectivity index (χ0) is 25.7. The first kappa shape index (κ1) is 26.2. The molecule has 0 bridgehead atoms. The van der Waals surface area contributed by atoms with Crippen LogP contribution in [0.15, 0.2) is 73.1 Å². The first-order chi connectivity index (χ1) is 18.2. The second kappa shape index (κ2) is 14.0. The maximum atomic E-state index is 10.6. The molecule has 0 saturated carbocycles. The van der Waals surface area contributed by atoms with E-state index in [4.69, 9.17) is 14.6 Å². The third kappa shape index (κ3) is 8.07. The van der Waals surface area contributed by atoms with Gasteiger partial charge in [0, 0.05) is 23.5 Å². The van der Waals surface area contributed by atoms with Gasteiger partial charge >= 0.3 is 5.97 Å². The van der Waals surface area contributed by atoms with Crippen molar-refractivity contribution >= 4 is 16.9 Å². The van der Waals surface area contributed by atoms with Crippen LogP contribution in [0.4, 0.5) is 0 Å². The van der Waals surface area contributed by atoms with E-state index in [-0.39, 0.29) is 6.61 Å². The highest BCUT2D eigenvalue weighted by molar-refractivity contribution is 5.84. The van der Waals surface area contributed by atoms with Crippen molar-refractivity contribution in [3.63, 3.8) is 0 Å². The van der Waals surface area contributed by atoms with Crippen molar-refractivity contribution in [3.05, 3.63) is 78.8 Å². The lowest BCUT2D eigenvalue weighted by atomic mass is 10.1. The predicted octanol–water partition coefficient (Wildman–Crippen LogP) is 6.63. The van der Waals surface area contributed by atoms with E-state index >= 15 is 0 Å². The molecule has 4 aromatic rings. The van der Waals surface area contributed by atoms with Crippen molar-refractivity contribution in [2.75, 3.05) is 13.2 Å². The lowest BCUT2D eigenvalue weighted by molar-refractivity contribution is -0.139. The van der Waals surface area contributed by atoms with E-state index in [1.807, 2.05) is 53.5 Å². The van der Waals surface area contributed by atoms with Crippen LogP contribution in [0.5, 0.6) is 11.5 Å². The van der Waals surface area contributed by atoms with Crippen LogP contribution in [0.3, 0.4) is 0 Å². The molecular formula is C30H35N3O4. The molecule has 37 heavy (non-hydrogen) atoms. The molecule has 7 nitrogen and oxygen atoms in total. The van der Waals surface area contributed by atoms with Crippen molar-refractivity contribution in [2.24, 2.45) is 0 Å². The summed E-state index contributed by atoms with van der Waals surface area (Å²) < 4.78 is 13.2. The molecule has 0 unspecified atom stereocenters. The molecule has 0 aliphatic heterocycles. The average molecular weight is 502 g/mol. The lowest BCUT2D eigenvalue weighted by Gasteiger charge is -2.09. The number of ether oxygens (including phenoxy) is 2. The number of carbonyl (C=O) groups is 1. The molecular weight excluding hydrogens is 466 g/mol. The minimum absolute atomic E-state index is 0.342. The Kier molecular flexibility index (Phi) is 9.93. The van der Waals surface area contributed by atoms with E-state index in [9.17, 15) is 4.79 Å². The minimum Gasteiger partial charge on any atom is -0.493 e. The molecule has 2 heterocycles. The number of benzene rings is 2. The van der Waals surface area contributed by atoms with Crippen LogP contribution < -0.4 is 9.47 Å². The summed E-state index contributed by atoms with van der Waals surface area (Å²) in [5.74, 6) is 0.474. The predicted molar refractivity (Wildman–Crippen MR) is 145 cm³/mol. The normalized spacial score (nSPS) is 11.0. The molecule has 0 fully saturated rings. The van der Waals surface area contributed by atoms with Gasteiger partial charge in [0.15, 0.2) is 6.61 Å². The maximum Gasteiger partial charge on any atom is 0.341 e. The Bertz CT molecular complexity index is 1250. The van der Waals surface area contributed by atoms with Gasteiger partial charge in [0.25, 0.3) is 0 Å². The van der Waals surface area contributed by atoms with Crippen molar-refractivity contribution < 1.29 is 19.4 Å². The van der Waals surface area contributed by atoms with E-state index < -0.39 is 5.97 Å². The summed E-state index contributed by atoms with van der Waals surface area (Å²) >= 11 is 0. The molecule has 0 radical (unpaired) electrons. The fourth-order valence-electron chi connectivity index (χ4n) is 4.43. The molecule has 0 aliphatic rings. The molecule has 0 amide bonds. The van der Waals surface area contributed by atoms with Gasteiger partial charge in [-0.2, -0.15) is 5.10 Å². The molecule has 0 atom stereocenters. The van der Waals surface area contributed by atoms with E-state index in [1.165, 1.54) is 44.2 Å². The highest BCUT2D eigenvalue weighted by Crippen LogP contribution is 2.23. The molecule has 0 aliphatic carbocycles. The van der Waals surface area contributed by atoms with E-state index in [2.05, 4.69) is 22.2 Å². The maximum absolute atomic E-state index is 10.6.